The van der Waals surface area contributed by atoms with Crippen molar-refractivity contribution in [2.24, 2.45) is 0 Å². The van der Waals surface area contributed by atoms with Gasteiger partial charge in [0.1, 0.15) is 11.5 Å². The first-order chi connectivity index (χ1) is 9.72. The zero-order valence-corrected chi connectivity index (χ0v) is 11.6. The molecule has 0 radical (unpaired) electrons. The van der Waals surface area contributed by atoms with E-state index in [9.17, 15) is 4.79 Å². The van der Waals surface area contributed by atoms with Gasteiger partial charge in [0.25, 0.3) is 5.91 Å². The lowest BCUT2D eigenvalue weighted by Gasteiger charge is -2.12. The van der Waals surface area contributed by atoms with Crippen LogP contribution >= 0.6 is 11.8 Å². The second-order valence-corrected chi connectivity index (χ2v) is 5.89. The van der Waals surface area contributed by atoms with Crippen LogP contribution in [0.5, 0.6) is 0 Å². The van der Waals surface area contributed by atoms with Crippen molar-refractivity contribution in [3.8, 4) is 0 Å². The highest BCUT2D eigenvalue weighted by Gasteiger charge is 2.42. The third-order valence-corrected chi connectivity index (χ3v) is 4.48. The molecule has 20 heavy (non-hydrogen) atoms. The largest absolute Gasteiger partial charge is 0.462 e. The molecule has 2 aromatic rings. The molecule has 2 aliphatic heterocycles. The van der Waals surface area contributed by atoms with Crippen LogP contribution in [0.25, 0.3) is 6.08 Å². The highest BCUT2D eigenvalue weighted by Crippen LogP contribution is 2.46. The Morgan fingerprint density at radius 3 is 2.95 bits per heavy atom. The summed E-state index contributed by atoms with van der Waals surface area (Å²) in [5.41, 5.74) is 1.89. The summed E-state index contributed by atoms with van der Waals surface area (Å²) in [6.45, 7) is 1.89. The summed E-state index contributed by atoms with van der Waals surface area (Å²) in [6.07, 6.45) is 1.81. The number of fused-ring (bicyclic) bond motifs is 3. The lowest BCUT2D eigenvalue weighted by Crippen LogP contribution is -2.31. The highest BCUT2D eigenvalue weighted by atomic mass is 32.2. The van der Waals surface area contributed by atoms with E-state index in [1.54, 1.807) is 4.90 Å². The topological polar surface area (TPSA) is 45.5 Å². The molecule has 3 heterocycles. The Labute approximate surface area is 120 Å². The maximum Gasteiger partial charge on any atom is 0.267 e. The third kappa shape index (κ3) is 1.67. The van der Waals surface area contributed by atoms with Crippen LogP contribution in [-0.2, 0) is 4.79 Å². The highest BCUT2D eigenvalue weighted by molar-refractivity contribution is 8.05. The Balaban J connectivity index is 1.70. The maximum absolute atomic E-state index is 12.5. The van der Waals surface area contributed by atoms with E-state index in [0.717, 1.165) is 17.1 Å². The van der Waals surface area contributed by atoms with Gasteiger partial charge in [0.2, 0.25) is 0 Å². The van der Waals surface area contributed by atoms with Crippen molar-refractivity contribution in [3.05, 3.63) is 52.8 Å². The first-order valence-corrected chi connectivity index (χ1v) is 7.24. The van der Waals surface area contributed by atoms with Gasteiger partial charge in [-0.2, -0.15) is 0 Å². The number of nitrogens with one attached hydrogen (secondary N) is 1. The van der Waals surface area contributed by atoms with E-state index in [4.69, 9.17) is 4.42 Å². The number of anilines is 2. The minimum absolute atomic E-state index is 0.0199. The summed E-state index contributed by atoms with van der Waals surface area (Å²) in [7, 11) is 0. The molecule has 1 saturated heterocycles. The number of aryl methyl sites for hydroxylation is 1. The molecular formula is C15H12N2O2S. The van der Waals surface area contributed by atoms with Crippen molar-refractivity contribution in [1.29, 1.82) is 0 Å². The number of nitrogens with zero attached hydrogens (tertiary/aromatic N) is 1. The predicted octanol–water partition coefficient (Wildman–Crippen LogP) is 3.42. The van der Waals surface area contributed by atoms with Crippen LogP contribution < -0.4 is 10.2 Å². The van der Waals surface area contributed by atoms with Crippen molar-refractivity contribution in [2.45, 2.75) is 12.4 Å². The van der Waals surface area contributed by atoms with Gasteiger partial charge in [-0.3, -0.25) is 9.69 Å². The molecule has 1 aromatic heterocycles. The number of hydrogen-bond donors (Lipinski definition) is 1. The molecule has 1 amide bonds. The molecule has 100 valence electrons. The third-order valence-electron chi connectivity index (χ3n) is 3.38. The number of rotatable bonds is 1. The zero-order chi connectivity index (χ0) is 13.7. The molecule has 1 unspecified atom stereocenters. The van der Waals surface area contributed by atoms with Crippen LogP contribution in [0, 0.1) is 6.92 Å². The van der Waals surface area contributed by atoms with Crippen molar-refractivity contribution in [1.82, 2.24) is 0 Å². The average molecular weight is 284 g/mol. The summed E-state index contributed by atoms with van der Waals surface area (Å²) in [5, 5.41) is 3.34. The number of carbonyl (C=O) groups excluding carboxylic acids is 1. The van der Waals surface area contributed by atoms with E-state index in [0.29, 0.717) is 10.7 Å². The molecule has 5 heteroatoms. The SMILES string of the molecule is Cc1ccc(/C=C2\SC3Nc4ccccc4N3C2=O)o1. The van der Waals surface area contributed by atoms with Gasteiger partial charge < -0.3 is 9.73 Å². The number of furan rings is 1. The van der Waals surface area contributed by atoms with Crippen LogP contribution in [0.4, 0.5) is 11.4 Å². The van der Waals surface area contributed by atoms with E-state index in [1.165, 1.54) is 11.8 Å². The standard InChI is InChI=1S/C15H12N2O2S/c1-9-6-7-10(19-9)8-13-14(18)17-12-5-3-2-4-11(12)16-15(17)20-13/h2-8,15-16H,1H3/b13-8-. The van der Waals surface area contributed by atoms with Gasteiger partial charge >= 0.3 is 0 Å². The van der Waals surface area contributed by atoms with Gasteiger partial charge in [-0.15, -0.1) is 0 Å². The summed E-state index contributed by atoms with van der Waals surface area (Å²) < 4.78 is 5.50. The first-order valence-electron chi connectivity index (χ1n) is 6.36. The smallest absolute Gasteiger partial charge is 0.267 e. The number of benzene rings is 1. The van der Waals surface area contributed by atoms with E-state index < -0.39 is 0 Å². The average Bonchev–Trinajstić information content (AvgIpc) is 3.07. The molecule has 2 aliphatic rings. The summed E-state index contributed by atoms with van der Waals surface area (Å²) in [6, 6.07) is 11.6. The van der Waals surface area contributed by atoms with Gasteiger partial charge in [-0.1, -0.05) is 23.9 Å². The Bertz CT molecular complexity index is 735. The van der Waals surface area contributed by atoms with Gasteiger partial charge in [0, 0.05) is 6.08 Å². The summed E-state index contributed by atoms with van der Waals surface area (Å²) in [5.74, 6) is 1.58. The fraction of sp³-hybridized carbons (Fsp3) is 0.133. The molecular weight excluding hydrogens is 272 g/mol. The first kappa shape index (κ1) is 11.7. The lowest BCUT2D eigenvalue weighted by atomic mass is 10.2. The predicted molar refractivity (Wildman–Crippen MR) is 80.4 cm³/mol. The Kier molecular flexibility index (Phi) is 2.44. The molecule has 4 rings (SSSR count). The van der Waals surface area contributed by atoms with Crippen LogP contribution in [0.1, 0.15) is 11.5 Å². The minimum Gasteiger partial charge on any atom is -0.462 e. The van der Waals surface area contributed by atoms with Crippen LogP contribution in [-0.4, -0.2) is 11.4 Å². The Morgan fingerprint density at radius 1 is 1.30 bits per heavy atom. The van der Waals surface area contributed by atoms with Gasteiger partial charge in [0.15, 0.2) is 5.50 Å². The van der Waals surface area contributed by atoms with Crippen molar-refractivity contribution >= 4 is 35.1 Å². The molecule has 0 aliphatic carbocycles. The summed E-state index contributed by atoms with van der Waals surface area (Å²) in [4.78, 5) is 15.0. The molecule has 1 aromatic carbocycles. The molecule has 0 spiro atoms. The number of para-hydroxylation sites is 2. The van der Waals surface area contributed by atoms with E-state index in [-0.39, 0.29) is 11.4 Å². The van der Waals surface area contributed by atoms with E-state index >= 15 is 0 Å². The fourth-order valence-corrected chi connectivity index (χ4v) is 3.60. The molecule has 4 nitrogen and oxygen atoms in total. The molecule has 1 atom stereocenters. The Morgan fingerprint density at radius 2 is 2.15 bits per heavy atom. The van der Waals surface area contributed by atoms with Crippen molar-refractivity contribution in [3.63, 3.8) is 0 Å². The monoisotopic (exact) mass is 284 g/mol. The fourth-order valence-electron chi connectivity index (χ4n) is 2.47. The zero-order valence-electron chi connectivity index (χ0n) is 10.8. The van der Waals surface area contributed by atoms with Gasteiger partial charge in [-0.25, -0.2) is 0 Å². The Hall–Kier alpha value is -2.14. The second kappa shape index (κ2) is 4.18. The van der Waals surface area contributed by atoms with Crippen molar-refractivity contribution < 1.29 is 9.21 Å². The molecule has 0 saturated carbocycles. The van der Waals surface area contributed by atoms with Crippen molar-refractivity contribution in [2.75, 3.05) is 10.2 Å². The molecule has 0 bridgehead atoms. The van der Waals surface area contributed by atoms with Crippen LogP contribution in [0.2, 0.25) is 0 Å². The summed E-state index contributed by atoms with van der Waals surface area (Å²) >= 11 is 1.52. The normalized spacial score (nSPS) is 22.1. The van der Waals surface area contributed by atoms with E-state index in [1.807, 2.05) is 49.4 Å². The number of amides is 1. The maximum atomic E-state index is 12.5. The molecule has 1 N–H and O–H groups in total. The number of hydrogen-bond acceptors (Lipinski definition) is 4. The van der Waals surface area contributed by atoms with Crippen LogP contribution in [0.15, 0.2) is 45.7 Å². The molecule has 1 fully saturated rings. The van der Waals surface area contributed by atoms with Gasteiger partial charge in [-0.05, 0) is 31.2 Å². The minimum atomic E-state index is -0.0535. The van der Waals surface area contributed by atoms with Crippen LogP contribution in [0.3, 0.4) is 0 Å². The van der Waals surface area contributed by atoms with E-state index in [2.05, 4.69) is 5.32 Å². The lowest BCUT2D eigenvalue weighted by molar-refractivity contribution is -0.114. The quantitative estimate of drug-likeness (QED) is 0.815. The number of carbonyl (C=O) groups is 1. The van der Waals surface area contributed by atoms with Gasteiger partial charge in [0.05, 0.1) is 16.3 Å². The second-order valence-electron chi connectivity index (χ2n) is 4.76. The number of thioether (sulfide) groups is 1.